The molecular weight excluding hydrogens is 216 g/mol. The van der Waals surface area contributed by atoms with Crippen molar-refractivity contribution in [2.45, 2.75) is 37.5 Å². The second-order valence-corrected chi connectivity index (χ2v) is 5.86. The minimum absolute atomic E-state index is 0.412. The molecule has 0 aliphatic carbocycles. The van der Waals surface area contributed by atoms with Crippen molar-refractivity contribution >= 4 is 11.8 Å². The van der Waals surface area contributed by atoms with Crippen molar-refractivity contribution in [3.8, 4) is 0 Å². The molecule has 0 saturated carbocycles. The van der Waals surface area contributed by atoms with Crippen LogP contribution >= 0.6 is 11.8 Å². The molecule has 2 rings (SSSR count). The summed E-state index contributed by atoms with van der Waals surface area (Å²) in [5, 5.41) is 0.686. The molecule has 2 unspecified atom stereocenters. The molecule has 1 aliphatic heterocycles. The molecule has 1 aliphatic rings. The van der Waals surface area contributed by atoms with E-state index in [2.05, 4.69) is 48.4 Å². The maximum atomic E-state index is 5.67. The van der Waals surface area contributed by atoms with Crippen LogP contribution < -0.4 is 11.3 Å². The van der Waals surface area contributed by atoms with Gasteiger partial charge >= 0.3 is 0 Å². The predicted molar refractivity (Wildman–Crippen MR) is 71.5 cm³/mol. The van der Waals surface area contributed by atoms with Crippen LogP contribution in [0.3, 0.4) is 0 Å². The van der Waals surface area contributed by atoms with Crippen molar-refractivity contribution in [3.63, 3.8) is 0 Å². The van der Waals surface area contributed by atoms with Gasteiger partial charge in [-0.1, -0.05) is 29.8 Å². The lowest BCUT2D eigenvalue weighted by molar-refractivity contribution is 0.496. The average molecular weight is 236 g/mol. The fourth-order valence-electron chi connectivity index (χ4n) is 2.20. The third-order valence-corrected chi connectivity index (χ3v) is 4.72. The smallest absolute Gasteiger partial charge is 0.0369 e. The summed E-state index contributed by atoms with van der Waals surface area (Å²) in [6.07, 6.45) is 3.67. The number of hydrogen-bond donors (Lipinski definition) is 2. The van der Waals surface area contributed by atoms with Gasteiger partial charge in [-0.25, -0.2) is 0 Å². The molecule has 0 radical (unpaired) electrons. The molecule has 2 nitrogen and oxygen atoms in total. The first-order valence-electron chi connectivity index (χ1n) is 5.93. The Bertz CT molecular complexity index is 317. The van der Waals surface area contributed by atoms with E-state index in [1.807, 2.05) is 0 Å². The van der Waals surface area contributed by atoms with E-state index in [4.69, 9.17) is 5.84 Å². The van der Waals surface area contributed by atoms with Gasteiger partial charge in [0.25, 0.3) is 0 Å². The van der Waals surface area contributed by atoms with E-state index in [1.165, 1.54) is 29.7 Å². The SMILES string of the molecule is Cc1ccc(CC(NN)C2CCCS2)cc1. The van der Waals surface area contributed by atoms with Crippen LogP contribution in [0.2, 0.25) is 0 Å². The number of aryl methyl sites for hydroxylation is 1. The summed E-state index contributed by atoms with van der Waals surface area (Å²) in [6.45, 7) is 2.12. The van der Waals surface area contributed by atoms with Crippen LogP contribution in [0.5, 0.6) is 0 Å². The second-order valence-electron chi connectivity index (χ2n) is 4.51. The Morgan fingerprint density at radius 1 is 1.44 bits per heavy atom. The Labute approximate surface area is 102 Å². The summed E-state index contributed by atoms with van der Waals surface area (Å²) in [5.74, 6) is 6.96. The molecule has 0 amide bonds. The maximum Gasteiger partial charge on any atom is 0.0369 e. The first kappa shape index (κ1) is 12.0. The lowest BCUT2D eigenvalue weighted by Crippen LogP contribution is -2.43. The van der Waals surface area contributed by atoms with E-state index < -0.39 is 0 Å². The zero-order valence-corrected chi connectivity index (χ0v) is 10.6. The molecule has 1 saturated heterocycles. The van der Waals surface area contributed by atoms with Gasteiger partial charge in [0, 0.05) is 11.3 Å². The molecule has 0 aromatic heterocycles. The molecule has 0 bridgehead atoms. The van der Waals surface area contributed by atoms with Gasteiger partial charge in [0.1, 0.15) is 0 Å². The highest BCUT2D eigenvalue weighted by atomic mass is 32.2. The molecular formula is C13H20N2S. The average Bonchev–Trinajstić information content (AvgIpc) is 2.82. The molecule has 1 aromatic carbocycles. The zero-order chi connectivity index (χ0) is 11.4. The lowest BCUT2D eigenvalue weighted by Gasteiger charge is -2.22. The van der Waals surface area contributed by atoms with Crippen LogP contribution in [0.25, 0.3) is 0 Å². The fraction of sp³-hybridized carbons (Fsp3) is 0.538. The summed E-state index contributed by atoms with van der Waals surface area (Å²) in [6, 6.07) is 9.17. The monoisotopic (exact) mass is 236 g/mol. The maximum absolute atomic E-state index is 5.67. The molecule has 1 aromatic rings. The molecule has 3 N–H and O–H groups in total. The Kier molecular flexibility index (Phi) is 4.27. The molecule has 16 heavy (non-hydrogen) atoms. The van der Waals surface area contributed by atoms with Crippen molar-refractivity contribution < 1.29 is 0 Å². The lowest BCUT2D eigenvalue weighted by atomic mass is 10.0. The largest absolute Gasteiger partial charge is 0.271 e. The van der Waals surface area contributed by atoms with Crippen molar-refractivity contribution in [3.05, 3.63) is 35.4 Å². The Morgan fingerprint density at radius 3 is 2.75 bits per heavy atom. The van der Waals surface area contributed by atoms with E-state index >= 15 is 0 Å². The van der Waals surface area contributed by atoms with Crippen molar-refractivity contribution in [2.24, 2.45) is 5.84 Å². The van der Waals surface area contributed by atoms with E-state index in [9.17, 15) is 0 Å². The van der Waals surface area contributed by atoms with Gasteiger partial charge in [0.2, 0.25) is 0 Å². The molecule has 3 heteroatoms. The first-order valence-corrected chi connectivity index (χ1v) is 6.98. The highest BCUT2D eigenvalue weighted by Gasteiger charge is 2.24. The normalized spacial score (nSPS) is 22.2. The highest BCUT2D eigenvalue weighted by molar-refractivity contribution is 8.00. The van der Waals surface area contributed by atoms with Crippen LogP contribution in [0.1, 0.15) is 24.0 Å². The van der Waals surface area contributed by atoms with Gasteiger partial charge < -0.3 is 0 Å². The standard InChI is InChI=1S/C13H20N2S/c1-10-4-6-11(7-5-10)9-12(15-14)13-3-2-8-16-13/h4-7,12-13,15H,2-3,8-9,14H2,1H3. The molecule has 0 spiro atoms. The molecule has 2 atom stereocenters. The van der Waals surface area contributed by atoms with Gasteiger partial charge in [-0.2, -0.15) is 11.8 Å². The Hall–Kier alpha value is -0.510. The summed E-state index contributed by atoms with van der Waals surface area (Å²) < 4.78 is 0. The van der Waals surface area contributed by atoms with Crippen LogP contribution in [0.15, 0.2) is 24.3 Å². The Morgan fingerprint density at radius 2 is 2.19 bits per heavy atom. The van der Waals surface area contributed by atoms with E-state index in [0.717, 1.165) is 6.42 Å². The van der Waals surface area contributed by atoms with Gasteiger partial charge in [-0.15, -0.1) is 0 Å². The van der Waals surface area contributed by atoms with Gasteiger partial charge in [0.15, 0.2) is 0 Å². The van der Waals surface area contributed by atoms with Gasteiger partial charge in [-0.05, 0) is 37.5 Å². The van der Waals surface area contributed by atoms with Crippen LogP contribution in [-0.2, 0) is 6.42 Å². The van der Waals surface area contributed by atoms with Crippen LogP contribution in [-0.4, -0.2) is 17.0 Å². The van der Waals surface area contributed by atoms with E-state index in [0.29, 0.717) is 11.3 Å². The number of nitrogens with one attached hydrogen (secondary N) is 1. The third-order valence-electron chi connectivity index (χ3n) is 3.20. The molecule has 1 heterocycles. The van der Waals surface area contributed by atoms with Crippen molar-refractivity contribution in [1.82, 2.24) is 5.43 Å². The van der Waals surface area contributed by atoms with Crippen LogP contribution in [0.4, 0.5) is 0 Å². The number of benzene rings is 1. The summed E-state index contributed by atoms with van der Waals surface area (Å²) in [7, 11) is 0. The number of thioether (sulfide) groups is 1. The quantitative estimate of drug-likeness (QED) is 0.622. The van der Waals surface area contributed by atoms with E-state index in [-0.39, 0.29) is 0 Å². The number of nitrogens with two attached hydrogens (primary N) is 1. The zero-order valence-electron chi connectivity index (χ0n) is 9.78. The minimum Gasteiger partial charge on any atom is -0.271 e. The summed E-state index contributed by atoms with van der Waals surface area (Å²) in [4.78, 5) is 0. The highest BCUT2D eigenvalue weighted by Crippen LogP contribution is 2.29. The topological polar surface area (TPSA) is 38.0 Å². The fourth-order valence-corrected chi connectivity index (χ4v) is 3.57. The van der Waals surface area contributed by atoms with Gasteiger partial charge in [-0.3, -0.25) is 11.3 Å². The minimum atomic E-state index is 0.412. The van der Waals surface area contributed by atoms with Gasteiger partial charge in [0.05, 0.1) is 0 Å². The van der Waals surface area contributed by atoms with E-state index in [1.54, 1.807) is 0 Å². The van der Waals surface area contributed by atoms with Crippen LogP contribution in [0, 0.1) is 6.92 Å². The number of hydrazine groups is 1. The third kappa shape index (κ3) is 3.00. The second kappa shape index (κ2) is 5.71. The number of hydrogen-bond acceptors (Lipinski definition) is 3. The molecule has 88 valence electrons. The van der Waals surface area contributed by atoms with Crippen molar-refractivity contribution in [1.29, 1.82) is 0 Å². The summed E-state index contributed by atoms with van der Waals surface area (Å²) >= 11 is 2.05. The predicted octanol–water partition coefficient (Wildman–Crippen LogP) is 2.27. The summed E-state index contributed by atoms with van der Waals surface area (Å²) in [5.41, 5.74) is 5.68. The first-order chi connectivity index (χ1) is 7.79. The van der Waals surface area contributed by atoms with Crippen molar-refractivity contribution in [2.75, 3.05) is 5.75 Å². The molecule has 1 fully saturated rings. The number of rotatable bonds is 4. The Balaban J connectivity index is 1.97.